The highest BCUT2D eigenvalue weighted by atomic mass is 16.6. The first-order chi connectivity index (χ1) is 12.5. The Balaban J connectivity index is 1.60. The van der Waals surface area contributed by atoms with Gasteiger partial charge in [0.1, 0.15) is 0 Å². The summed E-state index contributed by atoms with van der Waals surface area (Å²) in [5.41, 5.74) is 4.18. The zero-order valence-corrected chi connectivity index (χ0v) is 14.0. The van der Waals surface area contributed by atoms with Crippen LogP contribution in [0.3, 0.4) is 0 Å². The molecular weight excluding hydrogens is 334 g/mol. The molecule has 0 aliphatic carbocycles. The molecule has 2 amide bonds. The van der Waals surface area contributed by atoms with Crippen molar-refractivity contribution in [2.24, 2.45) is 0 Å². The first kappa shape index (κ1) is 16.3. The van der Waals surface area contributed by atoms with E-state index in [9.17, 15) is 19.7 Å². The highest BCUT2D eigenvalue weighted by Gasteiger charge is 2.29. The van der Waals surface area contributed by atoms with Crippen LogP contribution in [0.2, 0.25) is 0 Å². The summed E-state index contributed by atoms with van der Waals surface area (Å²) in [5.74, 6) is -0.146. The Morgan fingerprint density at radius 1 is 1.08 bits per heavy atom. The molecule has 2 heterocycles. The quantitative estimate of drug-likeness (QED) is 0.679. The number of hydrogen-bond donors (Lipinski definition) is 1. The number of non-ortho nitro benzene ring substituents is 1. The van der Waals surface area contributed by atoms with Crippen LogP contribution in [0, 0.1) is 10.1 Å². The van der Waals surface area contributed by atoms with Gasteiger partial charge in [-0.05, 0) is 54.7 Å². The predicted octanol–water partition coefficient (Wildman–Crippen LogP) is 3.07. The van der Waals surface area contributed by atoms with Crippen LogP contribution in [-0.4, -0.2) is 23.3 Å². The summed E-state index contributed by atoms with van der Waals surface area (Å²) >= 11 is 0. The molecular formula is C19H17N3O4. The molecule has 0 bridgehead atoms. The maximum atomic E-state index is 12.4. The fraction of sp³-hybridized carbons (Fsp3) is 0.263. The van der Waals surface area contributed by atoms with E-state index in [4.69, 9.17) is 0 Å². The summed E-state index contributed by atoms with van der Waals surface area (Å²) in [6.07, 6.45) is 2.97. The van der Waals surface area contributed by atoms with E-state index in [2.05, 4.69) is 5.32 Å². The van der Waals surface area contributed by atoms with Crippen molar-refractivity contribution in [2.45, 2.75) is 25.7 Å². The number of hydrogen-bond acceptors (Lipinski definition) is 4. The second-order valence-electron chi connectivity index (χ2n) is 6.55. The number of carbonyl (C=O) groups is 2. The Morgan fingerprint density at radius 3 is 2.46 bits per heavy atom. The van der Waals surface area contributed by atoms with Crippen LogP contribution in [0.25, 0.3) is 0 Å². The largest absolute Gasteiger partial charge is 0.322 e. The summed E-state index contributed by atoms with van der Waals surface area (Å²) in [5, 5.41) is 13.6. The molecule has 7 nitrogen and oxygen atoms in total. The average molecular weight is 351 g/mol. The topological polar surface area (TPSA) is 92.6 Å². The van der Waals surface area contributed by atoms with Gasteiger partial charge in [-0.2, -0.15) is 0 Å². The molecule has 2 aromatic rings. The van der Waals surface area contributed by atoms with Crippen LogP contribution >= 0.6 is 0 Å². The first-order valence-electron chi connectivity index (χ1n) is 8.55. The van der Waals surface area contributed by atoms with Crippen molar-refractivity contribution < 1.29 is 14.5 Å². The normalized spacial score (nSPS) is 15.4. The lowest BCUT2D eigenvalue weighted by molar-refractivity contribution is -0.384. The Labute approximate surface area is 149 Å². The molecule has 0 saturated heterocycles. The molecule has 7 heteroatoms. The summed E-state index contributed by atoms with van der Waals surface area (Å²) < 4.78 is 0. The van der Waals surface area contributed by atoms with Gasteiger partial charge in [-0.1, -0.05) is 0 Å². The zero-order chi connectivity index (χ0) is 18.3. The molecule has 2 aliphatic heterocycles. The van der Waals surface area contributed by atoms with Gasteiger partial charge in [0.05, 0.1) is 10.6 Å². The minimum absolute atomic E-state index is 0.0514. The summed E-state index contributed by atoms with van der Waals surface area (Å²) in [6, 6.07) is 9.36. The van der Waals surface area contributed by atoms with Crippen LogP contribution < -0.4 is 10.2 Å². The molecule has 26 heavy (non-hydrogen) atoms. The predicted molar refractivity (Wildman–Crippen MR) is 96.5 cm³/mol. The number of benzene rings is 2. The lowest BCUT2D eigenvalue weighted by atomic mass is 9.91. The molecule has 0 saturated carbocycles. The average Bonchev–Trinajstić information content (AvgIpc) is 2.64. The van der Waals surface area contributed by atoms with Gasteiger partial charge < -0.3 is 10.2 Å². The second-order valence-corrected chi connectivity index (χ2v) is 6.55. The van der Waals surface area contributed by atoms with E-state index in [1.165, 1.54) is 24.3 Å². The third kappa shape index (κ3) is 2.81. The number of nitro groups is 1. The Bertz CT molecular complexity index is 904. The highest BCUT2D eigenvalue weighted by molar-refractivity contribution is 6.05. The molecule has 132 valence electrons. The third-order valence-corrected chi connectivity index (χ3v) is 4.87. The molecule has 0 unspecified atom stereocenters. The summed E-state index contributed by atoms with van der Waals surface area (Å²) in [6.45, 7) is 0.757. The van der Waals surface area contributed by atoms with Crippen molar-refractivity contribution in [3.8, 4) is 0 Å². The van der Waals surface area contributed by atoms with Gasteiger partial charge in [-0.25, -0.2) is 0 Å². The molecule has 2 aliphatic rings. The maximum absolute atomic E-state index is 12.4. The molecule has 0 atom stereocenters. The Hall–Kier alpha value is -3.22. The second kappa shape index (κ2) is 6.25. The van der Waals surface area contributed by atoms with E-state index >= 15 is 0 Å². The summed E-state index contributed by atoms with van der Waals surface area (Å²) in [4.78, 5) is 36.6. The Morgan fingerprint density at radius 2 is 1.77 bits per heavy atom. The number of nitro benzene ring substituents is 1. The fourth-order valence-corrected chi connectivity index (χ4v) is 3.66. The number of nitrogens with one attached hydrogen (secondary N) is 1. The molecule has 2 aromatic carbocycles. The van der Waals surface area contributed by atoms with Crippen molar-refractivity contribution in [1.82, 2.24) is 0 Å². The molecule has 0 radical (unpaired) electrons. The van der Waals surface area contributed by atoms with E-state index in [0.29, 0.717) is 24.1 Å². The van der Waals surface area contributed by atoms with E-state index in [0.717, 1.165) is 36.2 Å². The van der Waals surface area contributed by atoms with E-state index < -0.39 is 4.92 Å². The van der Waals surface area contributed by atoms with Gasteiger partial charge in [0.2, 0.25) is 5.91 Å². The number of rotatable bonds is 3. The standard InChI is InChI=1S/C19H17N3O4/c23-17-8-5-14-11-15(10-13-2-1-9-21(17)18(13)14)20-19(24)12-3-6-16(7-4-12)22(25)26/h3-4,6-7,10-11H,1-2,5,8-9H2,(H,20,24). The molecule has 1 N–H and O–H groups in total. The van der Waals surface area contributed by atoms with Crippen molar-refractivity contribution in [3.63, 3.8) is 0 Å². The minimum atomic E-state index is -0.497. The zero-order valence-electron chi connectivity index (χ0n) is 14.0. The van der Waals surface area contributed by atoms with Gasteiger partial charge in [-0.15, -0.1) is 0 Å². The number of anilines is 2. The third-order valence-electron chi connectivity index (χ3n) is 4.87. The van der Waals surface area contributed by atoms with Crippen molar-refractivity contribution in [2.75, 3.05) is 16.8 Å². The Kier molecular flexibility index (Phi) is 3.91. The van der Waals surface area contributed by atoms with Crippen LogP contribution in [0.1, 0.15) is 34.3 Å². The number of aryl methyl sites for hydroxylation is 2. The van der Waals surface area contributed by atoms with Crippen LogP contribution in [0.5, 0.6) is 0 Å². The number of carbonyl (C=O) groups excluding carboxylic acids is 2. The molecule has 0 fully saturated rings. The lowest BCUT2D eigenvalue weighted by Crippen LogP contribution is -2.39. The lowest BCUT2D eigenvalue weighted by Gasteiger charge is -2.35. The fourth-order valence-electron chi connectivity index (χ4n) is 3.66. The van der Waals surface area contributed by atoms with E-state index in [-0.39, 0.29) is 17.5 Å². The van der Waals surface area contributed by atoms with Gasteiger partial charge in [-0.3, -0.25) is 19.7 Å². The van der Waals surface area contributed by atoms with Crippen LogP contribution in [0.4, 0.5) is 17.1 Å². The minimum Gasteiger partial charge on any atom is -0.322 e. The van der Waals surface area contributed by atoms with Crippen molar-refractivity contribution in [3.05, 3.63) is 63.2 Å². The highest BCUT2D eigenvalue weighted by Crippen LogP contribution is 2.37. The summed E-state index contributed by atoms with van der Waals surface area (Å²) in [7, 11) is 0. The monoisotopic (exact) mass is 351 g/mol. The van der Waals surface area contributed by atoms with E-state index in [1.54, 1.807) is 0 Å². The first-order valence-corrected chi connectivity index (χ1v) is 8.55. The van der Waals surface area contributed by atoms with Gasteiger partial charge in [0.25, 0.3) is 11.6 Å². The smallest absolute Gasteiger partial charge is 0.269 e. The van der Waals surface area contributed by atoms with Gasteiger partial charge >= 0.3 is 0 Å². The van der Waals surface area contributed by atoms with Gasteiger partial charge in [0.15, 0.2) is 0 Å². The SMILES string of the molecule is O=C(Nc1cc2c3c(c1)CCC(=O)N3CCC2)c1ccc([N+](=O)[O-])cc1. The van der Waals surface area contributed by atoms with Crippen molar-refractivity contribution in [1.29, 1.82) is 0 Å². The molecule has 0 spiro atoms. The van der Waals surface area contributed by atoms with Crippen LogP contribution in [0.15, 0.2) is 36.4 Å². The van der Waals surface area contributed by atoms with Crippen LogP contribution in [-0.2, 0) is 17.6 Å². The maximum Gasteiger partial charge on any atom is 0.269 e. The van der Waals surface area contributed by atoms with Crippen molar-refractivity contribution >= 4 is 28.9 Å². The molecule has 4 rings (SSSR count). The number of amides is 2. The molecule has 0 aromatic heterocycles. The number of nitrogens with zero attached hydrogens (tertiary/aromatic N) is 2. The van der Waals surface area contributed by atoms with E-state index in [1.807, 2.05) is 17.0 Å². The van der Waals surface area contributed by atoms with Gasteiger partial charge in [0, 0.05) is 36.3 Å².